The van der Waals surface area contributed by atoms with E-state index in [1.54, 1.807) is 35.2 Å². The van der Waals surface area contributed by atoms with Crippen LogP contribution in [0.15, 0.2) is 36.9 Å². The second kappa shape index (κ2) is 6.96. The van der Waals surface area contributed by atoms with Crippen LogP contribution in [0.4, 0.5) is 0 Å². The predicted molar refractivity (Wildman–Crippen MR) is 85.9 cm³/mol. The third kappa shape index (κ3) is 3.88. The van der Waals surface area contributed by atoms with Crippen LogP contribution < -0.4 is 4.74 Å². The average Bonchev–Trinajstić information content (AvgIpc) is 2.52. The van der Waals surface area contributed by atoms with Gasteiger partial charge in [0.15, 0.2) is 9.84 Å². The maximum atomic E-state index is 12.7. The molecule has 1 fully saturated rings. The van der Waals surface area contributed by atoms with Crippen molar-refractivity contribution in [1.82, 2.24) is 4.90 Å². The Kier molecular flexibility index (Phi) is 5.24. The number of piperidine rings is 1. The highest BCUT2D eigenvalue weighted by Crippen LogP contribution is 2.23. The van der Waals surface area contributed by atoms with Crippen molar-refractivity contribution in [3.63, 3.8) is 0 Å². The number of carbonyl (C=O) groups is 1. The minimum absolute atomic E-state index is 0.187. The summed E-state index contributed by atoms with van der Waals surface area (Å²) in [5.41, 5.74) is 0.457. The molecule has 1 amide bonds. The smallest absolute Gasteiger partial charge is 0.257 e. The molecular weight excluding hydrogens is 302 g/mol. The molecule has 2 rings (SSSR count). The standard InChI is InChI=1S/C16H21NO4S/c1-3-11-21-15-9-5-4-8-14(15)16(18)17-10-6-7-13(12-17)22(2,19)20/h3-5,8-9,13H,1,6-7,10-12H2,2H3. The van der Waals surface area contributed by atoms with E-state index < -0.39 is 15.1 Å². The summed E-state index contributed by atoms with van der Waals surface area (Å²) in [4.78, 5) is 14.3. The molecule has 0 N–H and O–H groups in total. The summed E-state index contributed by atoms with van der Waals surface area (Å²) < 4.78 is 29.0. The Labute approximate surface area is 131 Å². The number of benzene rings is 1. The Morgan fingerprint density at radius 3 is 2.86 bits per heavy atom. The largest absolute Gasteiger partial charge is 0.489 e. The quantitative estimate of drug-likeness (QED) is 0.777. The van der Waals surface area contributed by atoms with Crippen LogP contribution in [0.3, 0.4) is 0 Å². The van der Waals surface area contributed by atoms with Gasteiger partial charge in [-0.2, -0.15) is 0 Å². The zero-order chi connectivity index (χ0) is 16.2. The van der Waals surface area contributed by atoms with E-state index in [9.17, 15) is 13.2 Å². The molecule has 1 atom stereocenters. The molecular formula is C16H21NO4S. The van der Waals surface area contributed by atoms with E-state index in [2.05, 4.69) is 6.58 Å². The molecule has 0 bridgehead atoms. The van der Waals surface area contributed by atoms with E-state index in [-0.39, 0.29) is 12.5 Å². The van der Waals surface area contributed by atoms with Crippen LogP contribution >= 0.6 is 0 Å². The monoisotopic (exact) mass is 323 g/mol. The highest BCUT2D eigenvalue weighted by Gasteiger charge is 2.31. The van der Waals surface area contributed by atoms with Crippen molar-refractivity contribution < 1.29 is 17.9 Å². The molecule has 0 aromatic heterocycles. The molecule has 1 aliphatic rings. The third-order valence-electron chi connectivity index (χ3n) is 3.75. The van der Waals surface area contributed by atoms with Crippen molar-refractivity contribution in [2.24, 2.45) is 0 Å². The Hall–Kier alpha value is -1.82. The summed E-state index contributed by atoms with van der Waals surface area (Å²) in [5.74, 6) is 0.307. The van der Waals surface area contributed by atoms with Crippen molar-refractivity contribution in [3.05, 3.63) is 42.5 Å². The van der Waals surface area contributed by atoms with Crippen LogP contribution in [-0.2, 0) is 9.84 Å². The zero-order valence-electron chi connectivity index (χ0n) is 12.7. The van der Waals surface area contributed by atoms with Gasteiger partial charge in [0.05, 0.1) is 10.8 Å². The van der Waals surface area contributed by atoms with Gasteiger partial charge < -0.3 is 9.64 Å². The first-order chi connectivity index (χ1) is 10.4. The average molecular weight is 323 g/mol. The molecule has 1 aliphatic heterocycles. The van der Waals surface area contributed by atoms with Crippen LogP contribution in [0, 0.1) is 0 Å². The number of hydrogen-bond acceptors (Lipinski definition) is 4. The van der Waals surface area contributed by atoms with Crippen molar-refractivity contribution in [1.29, 1.82) is 0 Å². The normalized spacial score (nSPS) is 18.8. The maximum Gasteiger partial charge on any atom is 0.257 e. The molecule has 0 aliphatic carbocycles. The molecule has 1 heterocycles. The van der Waals surface area contributed by atoms with E-state index in [0.29, 0.717) is 37.3 Å². The number of ether oxygens (including phenoxy) is 1. The number of sulfone groups is 1. The van der Waals surface area contributed by atoms with Gasteiger partial charge in [0.2, 0.25) is 0 Å². The summed E-state index contributed by atoms with van der Waals surface area (Å²) in [7, 11) is -3.14. The fourth-order valence-corrected chi connectivity index (χ4v) is 3.61. The van der Waals surface area contributed by atoms with Crippen molar-refractivity contribution in [2.45, 2.75) is 18.1 Å². The Morgan fingerprint density at radius 2 is 2.18 bits per heavy atom. The predicted octanol–water partition coefficient (Wildman–Crippen LogP) is 1.90. The van der Waals surface area contributed by atoms with Crippen LogP contribution in [0.5, 0.6) is 5.75 Å². The lowest BCUT2D eigenvalue weighted by Crippen LogP contribution is -2.45. The first-order valence-corrected chi connectivity index (χ1v) is 9.20. The van der Waals surface area contributed by atoms with Crippen molar-refractivity contribution in [3.8, 4) is 5.75 Å². The number of nitrogens with zero attached hydrogens (tertiary/aromatic N) is 1. The number of hydrogen-bond donors (Lipinski definition) is 0. The van der Waals surface area contributed by atoms with Gasteiger partial charge in [-0.1, -0.05) is 24.8 Å². The minimum atomic E-state index is -3.14. The van der Waals surface area contributed by atoms with Crippen LogP contribution in [0.1, 0.15) is 23.2 Å². The van der Waals surface area contributed by atoms with Gasteiger partial charge in [-0.05, 0) is 25.0 Å². The minimum Gasteiger partial charge on any atom is -0.489 e. The number of amides is 1. The Bertz CT molecular complexity index is 654. The van der Waals surface area contributed by atoms with Gasteiger partial charge in [0, 0.05) is 19.3 Å². The van der Waals surface area contributed by atoms with E-state index >= 15 is 0 Å². The molecule has 22 heavy (non-hydrogen) atoms. The second-order valence-electron chi connectivity index (χ2n) is 5.44. The SMILES string of the molecule is C=CCOc1ccccc1C(=O)N1CCCC(S(C)(=O)=O)C1. The summed E-state index contributed by atoms with van der Waals surface area (Å²) >= 11 is 0. The van der Waals surface area contributed by atoms with Gasteiger partial charge in [-0.25, -0.2) is 8.42 Å². The number of carbonyl (C=O) groups excluding carboxylic acids is 1. The van der Waals surface area contributed by atoms with Gasteiger partial charge >= 0.3 is 0 Å². The fourth-order valence-electron chi connectivity index (χ4n) is 2.56. The Morgan fingerprint density at radius 1 is 1.45 bits per heavy atom. The van der Waals surface area contributed by atoms with Crippen molar-refractivity contribution >= 4 is 15.7 Å². The molecule has 0 saturated carbocycles. The lowest BCUT2D eigenvalue weighted by molar-refractivity contribution is 0.0723. The molecule has 1 saturated heterocycles. The summed E-state index contributed by atoms with van der Waals surface area (Å²) in [6.07, 6.45) is 4.14. The second-order valence-corrected chi connectivity index (χ2v) is 7.77. The highest BCUT2D eigenvalue weighted by atomic mass is 32.2. The van der Waals surface area contributed by atoms with Gasteiger partial charge in [0.25, 0.3) is 5.91 Å². The lowest BCUT2D eigenvalue weighted by atomic mass is 10.1. The highest BCUT2D eigenvalue weighted by molar-refractivity contribution is 7.91. The molecule has 5 nitrogen and oxygen atoms in total. The van der Waals surface area contributed by atoms with E-state index in [1.807, 2.05) is 0 Å². The summed E-state index contributed by atoms with van der Waals surface area (Å²) in [6.45, 7) is 4.72. The maximum absolute atomic E-state index is 12.7. The molecule has 1 aromatic carbocycles. The number of para-hydroxylation sites is 1. The first-order valence-electron chi connectivity index (χ1n) is 7.24. The number of likely N-dealkylation sites (tertiary alicyclic amines) is 1. The summed E-state index contributed by atoms with van der Waals surface area (Å²) in [5, 5.41) is -0.480. The van der Waals surface area contributed by atoms with E-state index in [4.69, 9.17) is 4.74 Å². The van der Waals surface area contributed by atoms with Crippen LogP contribution in [0.25, 0.3) is 0 Å². The molecule has 6 heteroatoms. The first kappa shape index (κ1) is 16.5. The summed E-state index contributed by atoms with van der Waals surface area (Å²) in [6, 6.07) is 7.00. The third-order valence-corrected chi connectivity index (χ3v) is 5.34. The van der Waals surface area contributed by atoms with E-state index in [0.717, 1.165) is 0 Å². The van der Waals surface area contributed by atoms with E-state index in [1.165, 1.54) is 6.26 Å². The van der Waals surface area contributed by atoms with Gasteiger partial charge in [0.1, 0.15) is 12.4 Å². The Balaban J connectivity index is 2.19. The molecule has 1 unspecified atom stereocenters. The fraction of sp³-hybridized carbons (Fsp3) is 0.438. The molecule has 1 aromatic rings. The zero-order valence-corrected chi connectivity index (χ0v) is 13.5. The number of rotatable bonds is 5. The topological polar surface area (TPSA) is 63.7 Å². The molecule has 120 valence electrons. The van der Waals surface area contributed by atoms with Crippen LogP contribution in [-0.4, -0.2) is 50.4 Å². The lowest BCUT2D eigenvalue weighted by Gasteiger charge is -2.32. The van der Waals surface area contributed by atoms with Gasteiger partial charge in [-0.15, -0.1) is 0 Å². The van der Waals surface area contributed by atoms with Crippen LogP contribution in [0.2, 0.25) is 0 Å². The van der Waals surface area contributed by atoms with Gasteiger partial charge in [-0.3, -0.25) is 4.79 Å². The van der Waals surface area contributed by atoms with Crippen molar-refractivity contribution in [2.75, 3.05) is 26.0 Å². The molecule has 0 radical (unpaired) electrons. The molecule has 0 spiro atoms.